The molecule has 33 heavy (non-hydrogen) atoms. The Morgan fingerprint density at radius 3 is 2.55 bits per heavy atom. The molecule has 0 aliphatic carbocycles. The quantitative estimate of drug-likeness (QED) is 0.705. The second-order valence-electron chi connectivity index (χ2n) is 8.05. The lowest BCUT2D eigenvalue weighted by molar-refractivity contribution is -0.133. The molecule has 0 radical (unpaired) electrons. The highest BCUT2D eigenvalue weighted by Crippen LogP contribution is 2.33. The average Bonchev–Trinajstić information content (AvgIpc) is 3.36. The number of hydrogen-bond donors (Lipinski definition) is 1. The predicted octanol–water partition coefficient (Wildman–Crippen LogP) is 2.72. The van der Waals surface area contributed by atoms with E-state index in [1.54, 1.807) is 23.1 Å². The van der Waals surface area contributed by atoms with Crippen LogP contribution in [0.3, 0.4) is 0 Å². The average molecular weight is 449 g/mol. The molecule has 0 saturated carbocycles. The number of hydrazone groups is 1. The first-order valence-electron chi connectivity index (χ1n) is 11.3. The SMILES string of the molecule is CCCNC(=O)[C@@H]1CN(C(=O)CCC(=O)N2CCC(c3ccccc3)=N2)c2ccccc2O1. The minimum Gasteiger partial charge on any atom is -0.477 e. The van der Waals surface area contributed by atoms with Gasteiger partial charge in [-0.05, 0) is 24.1 Å². The number of amides is 3. The van der Waals surface area contributed by atoms with Gasteiger partial charge in [-0.3, -0.25) is 14.4 Å². The second kappa shape index (κ2) is 10.3. The van der Waals surface area contributed by atoms with Crippen molar-refractivity contribution >= 4 is 29.1 Å². The fraction of sp³-hybridized carbons (Fsp3) is 0.360. The number of nitrogens with one attached hydrogen (secondary N) is 1. The number of rotatable bonds is 7. The molecular weight excluding hydrogens is 420 g/mol. The van der Waals surface area contributed by atoms with E-state index >= 15 is 0 Å². The van der Waals surface area contributed by atoms with Gasteiger partial charge < -0.3 is 15.0 Å². The van der Waals surface area contributed by atoms with Gasteiger partial charge in [-0.2, -0.15) is 5.10 Å². The number of ether oxygens (including phenoxy) is 1. The molecule has 0 aromatic heterocycles. The standard InChI is InChI=1S/C25H28N4O4/c1-2-15-26-25(32)22-17-28(20-10-6-7-11-21(20)33-22)23(30)12-13-24(31)29-16-14-19(27-29)18-8-4-3-5-9-18/h3-11,22H,2,12-17H2,1H3,(H,26,32)/t22-/m0/s1. The lowest BCUT2D eigenvalue weighted by Crippen LogP contribution is -2.51. The lowest BCUT2D eigenvalue weighted by atomic mass is 10.1. The Morgan fingerprint density at radius 1 is 1.03 bits per heavy atom. The monoisotopic (exact) mass is 448 g/mol. The number of anilines is 1. The first kappa shape index (κ1) is 22.5. The summed E-state index contributed by atoms with van der Waals surface area (Å²) in [5.74, 6) is -0.177. The van der Waals surface area contributed by atoms with Gasteiger partial charge in [-0.15, -0.1) is 0 Å². The van der Waals surface area contributed by atoms with Crippen molar-refractivity contribution in [3.05, 3.63) is 60.2 Å². The summed E-state index contributed by atoms with van der Waals surface area (Å²) in [5.41, 5.74) is 2.49. The van der Waals surface area contributed by atoms with Crippen LogP contribution in [0.1, 0.15) is 38.2 Å². The normalized spacial score (nSPS) is 17.1. The number of carbonyl (C=O) groups excluding carboxylic acids is 3. The number of nitrogens with zero attached hydrogens (tertiary/aromatic N) is 3. The van der Waals surface area contributed by atoms with Gasteiger partial charge in [0.05, 0.1) is 24.5 Å². The molecule has 2 aliphatic heterocycles. The summed E-state index contributed by atoms with van der Waals surface area (Å²) in [7, 11) is 0. The highest BCUT2D eigenvalue weighted by molar-refractivity contribution is 6.03. The lowest BCUT2D eigenvalue weighted by Gasteiger charge is -2.34. The van der Waals surface area contributed by atoms with E-state index in [-0.39, 0.29) is 37.1 Å². The fourth-order valence-electron chi connectivity index (χ4n) is 3.92. The van der Waals surface area contributed by atoms with E-state index < -0.39 is 6.10 Å². The molecule has 2 heterocycles. The molecule has 8 heteroatoms. The van der Waals surface area contributed by atoms with Crippen LogP contribution in [0.15, 0.2) is 59.7 Å². The van der Waals surface area contributed by atoms with Crippen LogP contribution in [0.4, 0.5) is 5.69 Å². The van der Waals surface area contributed by atoms with Crippen molar-refractivity contribution in [2.45, 2.75) is 38.7 Å². The van der Waals surface area contributed by atoms with Crippen LogP contribution in [-0.2, 0) is 14.4 Å². The molecule has 3 amide bonds. The molecule has 2 aromatic carbocycles. The molecule has 0 bridgehead atoms. The smallest absolute Gasteiger partial charge is 0.262 e. The van der Waals surface area contributed by atoms with E-state index in [1.807, 2.05) is 43.3 Å². The second-order valence-corrected chi connectivity index (χ2v) is 8.05. The van der Waals surface area contributed by atoms with Gasteiger partial charge in [-0.1, -0.05) is 49.4 Å². The van der Waals surface area contributed by atoms with Gasteiger partial charge in [0.25, 0.3) is 5.91 Å². The molecule has 4 rings (SSSR count). The number of benzene rings is 2. The summed E-state index contributed by atoms with van der Waals surface area (Å²) in [6, 6.07) is 16.9. The van der Waals surface area contributed by atoms with E-state index in [2.05, 4.69) is 10.4 Å². The molecule has 1 atom stereocenters. The summed E-state index contributed by atoms with van der Waals surface area (Å²) in [4.78, 5) is 39.8. The maximum absolute atomic E-state index is 13.1. The van der Waals surface area contributed by atoms with Crippen molar-refractivity contribution in [3.63, 3.8) is 0 Å². The van der Waals surface area contributed by atoms with Crippen molar-refractivity contribution < 1.29 is 19.1 Å². The van der Waals surface area contributed by atoms with Gasteiger partial charge in [0.2, 0.25) is 11.8 Å². The Labute approximate surface area is 193 Å². The van der Waals surface area contributed by atoms with E-state index in [0.29, 0.717) is 30.9 Å². The first-order valence-corrected chi connectivity index (χ1v) is 11.3. The third-order valence-corrected chi connectivity index (χ3v) is 5.67. The number of hydrogen-bond acceptors (Lipinski definition) is 5. The molecule has 0 unspecified atom stereocenters. The zero-order valence-electron chi connectivity index (χ0n) is 18.7. The Balaban J connectivity index is 1.39. The van der Waals surface area contributed by atoms with Gasteiger partial charge in [-0.25, -0.2) is 5.01 Å². The predicted molar refractivity (Wildman–Crippen MR) is 125 cm³/mol. The van der Waals surface area contributed by atoms with Crippen LogP contribution in [-0.4, -0.2) is 54.2 Å². The largest absolute Gasteiger partial charge is 0.477 e. The Bertz CT molecular complexity index is 1050. The van der Waals surface area contributed by atoms with Crippen LogP contribution in [0.2, 0.25) is 0 Å². The molecular formula is C25H28N4O4. The summed E-state index contributed by atoms with van der Waals surface area (Å²) in [6.07, 6.45) is 0.794. The van der Waals surface area contributed by atoms with E-state index in [4.69, 9.17) is 4.74 Å². The van der Waals surface area contributed by atoms with Crippen molar-refractivity contribution in [2.24, 2.45) is 5.10 Å². The van der Waals surface area contributed by atoms with E-state index in [1.165, 1.54) is 5.01 Å². The molecule has 0 saturated heterocycles. The van der Waals surface area contributed by atoms with Crippen molar-refractivity contribution in [1.29, 1.82) is 0 Å². The first-order chi connectivity index (χ1) is 16.1. The number of fused-ring (bicyclic) bond motifs is 1. The summed E-state index contributed by atoms with van der Waals surface area (Å²) < 4.78 is 5.83. The van der Waals surface area contributed by atoms with Crippen LogP contribution in [0, 0.1) is 0 Å². The number of para-hydroxylation sites is 2. The maximum atomic E-state index is 13.1. The van der Waals surface area contributed by atoms with Crippen LogP contribution < -0.4 is 15.0 Å². The molecule has 1 N–H and O–H groups in total. The van der Waals surface area contributed by atoms with Crippen LogP contribution >= 0.6 is 0 Å². The third kappa shape index (κ3) is 5.22. The number of carbonyl (C=O) groups is 3. The van der Waals surface area contributed by atoms with Gasteiger partial charge in [0, 0.05) is 25.8 Å². The topological polar surface area (TPSA) is 91.3 Å². The molecule has 0 fully saturated rings. The van der Waals surface area contributed by atoms with E-state index in [9.17, 15) is 14.4 Å². The molecule has 2 aliphatic rings. The maximum Gasteiger partial charge on any atom is 0.262 e. The fourth-order valence-corrected chi connectivity index (χ4v) is 3.92. The molecule has 2 aromatic rings. The highest BCUT2D eigenvalue weighted by atomic mass is 16.5. The summed E-state index contributed by atoms with van der Waals surface area (Å²) >= 11 is 0. The van der Waals surface area contributed by atoms with Gasteiger partial charge in [0.1, 0.15) is 5.75 Å². The summed E-state index contributed by atoms with van der Waals surface area (Å²) in [6.45, 7) is 3.14. The molecule has 0 spiro atoms. The minimum absolute atomic E-state index is 0.0309. The highest BCUT2D eigenvalue weighted by Gasteiger charge is 2.34. The zero-order valence-corrected chi connectivity index (χ0v) is 18.7. The van der Waals surface area contributed by atoms with Crippen molar-refractivity contribution in [1.82, 2.24) is 10.3 Å². The molecule has 172 valence electrons. The molecule has 8 nitrogen and oxygen atoms in total. The van der Waals surface area contributed by atoms with Gasteiger partial charge >= 0.3 is 0 Å². The van der Waals surface area contributed by atoms with Crippen LogP contribution in [0.5, 0.6) is 5.75 Å². The zero-order chi connectivity index (χ0) is 23.2. The van der Waals surface area contributed by atoms with E-state index in [0.717, 1.165) is 17.7 Å². The minimum atomic E-state index is -0.789. The Hall–Kier alpha value is -3.68. The Morgan fingerprint density at radius 2 is 1.76 bits per heavy atom. The third-order valence-electron chi connectivity index (χ3n) is 5.67. The van der Waals surface area contributed by atoms with Gasteiger partial charge in [0.15, 0.2) is 6.10 Å². The van der Waals surface area contributed by atoms with Crippen LogP contribution in [0.25, 0.3) is 0 Å². The summed E-state index contributed by atoms with van der Waals surface area (Å²) in [5, 5.41) is 8.72. The van der Waals surface area contributed by atoms with Crippen molar-refractivity contribution in [2.75, 3.05) is 24.5 Å². The van der Waals surface area contributed by atoms with Crippen molar-refractivity contribution in [3.8, 4) is 5.75 Å². The Kier molecular flexibility index (Phi) is 7.02.